The summed E-state index contributed by atoms with van der Waals surface area (Å²) in [5.74, 6) is 1.88. The van der Waals surface area contributed by atoms with Crippen molar-refractivity contribution in [2.45, 2.75) is 33.7 Å². The van der Waals surface area contributed by atoms with E-state index in [0.29, 0.717) is 24.9 Å². The van der Waals surface area contributed by atoms with Crippen molar-refractivity contribution in [3.8, 4) is 0 Å². The SMILES string of the molecule is CCCNC(=O)CNC(=NC)NCc1nc(C)c(C)o1. The second kappa shape index (κ2) is 8.19. The van der Waals surface area contributed by atoms with E-state index in [4.69, 9.17) is 4.42 Å². The van der Waals surface area contributed by atoms with Crippen LogP contribution in [0.15, 0.2) is 9.41 Å². The molecular formula is C13H23N5O2. The minimum absolute atomic E-state index is 0.0578. The molecule has 7 nitrogen and oxygen atoms in total. The Labute approximate surface area is 119 Å². The highest BCUT2D eigenvalue weighted by Crippen LogP contribution is 2.07. The van der Waals surface area contributed by atoms with Gasteiger partial charge in [-0.3, -0.25) is 9.79 Å². The zero-order valence-electron chi connectivity index (χ0n) is 12.5. The molecule has 0 saturated heterocycles. The summed E-state index contributed by atoms with van der Waals surface area (Å²) in [7, 11) is 1.64. The van der Waals surface area contributed by atoms with E-state index in [1.54, 1.807) is 7.05 Å². The fourth-order valence-corrected chi connectivity index (χ4v) is 1.49. The second-order valence-corrected chi connectivity index (χ2v) is 4.38. The van der Waals surface area contributed by atoms with Gasteiger partial charge >= 0.3 is 0 Å². The van der Waals surface area contributed by atoms with Crippen LogP contribution < -0.4 is 16.0 Å². The van der Waals surface area contributed by atoms with Crippen molar-refractivity contribution in [3.63, 3.8) is 0 Å². The van der Waals surface area contributed by atoms with Gasteiger partial charge in [0.25, 0.3) is 0 Å². The predicted molar refractivity (Wildman–Crippen MR) is 77.5 cm³/mol. The monoisotopic (exact) mass is 281 g/mol. The molecule has 1 amide bonds. The third-order valence-electron chi connectivity index (χ3n) is 2.69. The van der Waals surface area contributed by atoms with Gasteiger partial charge in [-0.1, -0.05) is 6.92 Å². The van der Waals surface area contributed by atoms with Crippen molar-refractivity contribution in [1.82, 2.24) is 20.9 Å². The maximum Gasteiger partial charge on any atom is 0.239 e. The van der Waals surface area contributed by atoms with Crippen molar-refractivity contribution in [1.29, 1.82) is 0 Å². The Balaban J connectivity index is 2.35. The number of hydrogen-bond donors (Lipinski definition) is 3. The molecule has 0 unspecified atom stereocenters. The molecule has 0 radical (unpaired) electrons. The lowest BCUT2D eigenvalue weighted by molar-refractivity contribution is -0.120. The Morgan fingerprint density at radius 1 is 1.30 bits per heavy atom. The van der Waals surface area contributed by atoms with Crippen LogP contribution >= 0.6 is 0 Å². The van der Waals surface area contributed by atoms with E-state index in [-0.39, 0.29) is 12.5 Å². The van der Waals surface area contributed by atoms with Gasteiger partial charge in [-0.15, -0.1) is 0 Å². The molecular weight excluding hydrogens is 258 g/mol. The lowest BCUT2D eigenvalue weighted by Crippen LogP contribution is -2.43. The first-order valence-electron chi connectivity index (χ1n) is 6.71. The summed E-state index contributed by atoms with van der Waals surface area (Å²) < 4.78 is 5.45. The Kier molecular flexibility index (Phi) is 6.55. The van der Waals surface area contributed by atoms with E-state index in [2.05, 4.69) is 25.9 Å². The molecule has 1 aromatic heterocycles. The maximum absolute atomic E-state index is 11.5. The third-order valence-corrected chi connectivity index (χ3v) is 2.69. The number of guanidine groups is 1. The van der Waals surface area contributed by atoms with Gasteiger partial charge in [0, 0.05) is 13.6 Å². The van der Waals surface area contributed by atoms with Crippen molar-refractivity contribution < 1.29 is 9.21 Å². The Morgan fingerprint density at radius 2 is 2.05 bits per heavy atom. The number of hydrogen-bond acceptors (Lipinski definition) is 4. The van der Waals surface area contributed by atoms with Gasteiger partial charge in [0.15, 0.2) is 5.96 Å². The van der Waals surface area contributed by atoms with Crippen LogP contribution in [-0.4, -0.2) is 37.0 Å². The van der Waals surface area contributed by atoms with Crippen molar-refractivity contribution in [2.24, 2.45) is 4.99 Å². The van der Waals surface area contributed by atoms with E-state index in [1.807, 2.05) is 20.8 Å². The molecule has 0 aliphatic rings. The molecule has 1 rings (SSSR count). The fourth-order valence-electron chi connectivity index (χ4n) is 1.49. The molecule has 0 aromatic carbocycles. The molecule has 112 valence electrons. The highest BCUT2D eigenvalue weighted by molar-refractivity contribution is 5.86. The number of nitrogens with zero attached hydrogens (tertiary/aromatic N) is 2. The standard InChI is InChI=1S/C13H23N5O2/c1-5-6-15-11(19)7-16-13(14-4)17-8-12-18-9(2)10(3)20-12/h5-8H2,1-4H3,(H,15,19)(H2,14,16,17). The summed E-state index contributed by atoms with van der Waals surface area (Å²) in [6, 6.07) is 0. The number of rotatable bonds is 6. The van der Waals surface area contributed by atoms with Crippen LogP contribution in [0.1, 0.15) is 30.7 Å². The number of nitrogens with one attached hydrogen (secondary N) is 3. The molecule has 0 aliphatic heterocycles. The minimum atomic E-state index is -0.0578. The van der Waals surface area contributed by atoms with E-state index < -0.39 is 0 Å². The Bertz CT molecular complexity index is 448. The van der Waals surface area contributed by atoms with E-state index in [0.717, 1.165) is 17.9 Å². The molecule has 0 atom stereocenters. The smallest absolute Gasteiger partial charge is 0.239 e. The lowest BCUT2D eigenvalue weighted by atomic mass is 10.4. The summed E-state index contributed by atoms with van der Waals surface area (Å²) in [4.78, 5) is 19.7. The first-order chi connectivity index (χ1) is 9.56. The Hall–Kier alpha value is -2.05. The van der Waals surface area contributed by atoms with Gasteiger partial charge in [-0.2, -0.15) is 0 Å². The summed E-state index contributed by atoms with van der Waals surface area (Å²) in [6.07, 6.45) is 0.918. The van der Waals surface area contributed by atoms with E-state index in [1.165, 1.54) is 0 Å². The number of oxazole rings is 1. The molecule has 20 heavy (non-hydrogen) atoms. The summed E-state index contributed by atoms with van der Waals surface area (Å²) in [5, 5.41) is 8.75. The van der Waals surface area contributed by atoms with Crippen LogP contribution in [0.4, 0.5) is 0 Å². The summed E-state index contributed by atoms with van der Waals surface area (Å²) in [6.45, 7) is 7.06. The first-order valence-corrected chi connectivity index (χ1v) is 6.71. The van der Waals surface area contributed by atoms with Gasteiger partial charge < -0.3 is 20.4 Å². The molecule has 0 fully saturated rings. The highest BCUT2D eigenvalue weighted by atomic mass is 16.4. The van der Waals surface area contributed by atoms with Crippen LogP contribution in [0.25, 0.3) is 0 Å². The highest BCUT2D eigenvalue weighted by Gasteiger charge is 2.07. The van der Waals surface area contributed by atoms with Gasteiger partial charge in [0.05, 0.1) is 18.8 Å². The van der Waals surface area contributed by atoms with E-state index in [9.17, 15) is 4.79 Å². The van der Waals surface area contributed by atoms with Gasteiger partial charge in [0.2, 0.25) is 11.8 Å². The fraction of sp³-hybridized carbons (Fsp3) is 0.615. The number of carbonyl (C=O) groups is 1. The van der Waals surface area contributed by atoms with Crippen molar-refractivity contribution >= 4 is 11.9 Å². The number of carbonyl (C=O) groups excluding carboxylic acids is 1. The maximum atomic E-state index is 11.5. The van der Waals surface area contributed by atoms with Gasteiger partial charge in [0.1, 0.15) is 5.76 Å². The van der Waals surface area contributed by atoms with Crippen LogP contribution in [0, 0.1) is 13.8 Å². The molecule has 1 aromatic rings. The van der Waals surface area contributed by atoms with E-state index >= 15 is 0 Å². The molecule has 7 heteroatoms. The van der Waals surface area contributed by atoms with Crippen molar-refractivity contribution in [3.05, 3.63) is 17.3 Å². The average Bonchev–Trinajstić information content (AvgIpc) is 2.75. The van der Waals surface area contributed by atoms with Crippen LogP contribution in [0.5, 0.6) is 0 Å². The van der Waals surface area contributed by atoms with Crippen molar-refractivity contribution in [2.75, 3.05) is 20.1 Å². The number of aromatic nitrogens is 1. The van der Waals surface area contributed by atoms with Gasteiger partial charge in [-0.05, 0) is 20.3 Å². The van der Waals surface area contributed by atoms with Crippen LogP contribution in [0.3, 0.4) is 0 Å². The molecule has 1 heterocycles. The average molecular weight is 281 g/mol. The number of aryl methyl sites for hydroxylation is 2. The lowest BCUT2D eigenvalue weighted by Gasteiger charge is -2.10. The largest absolute Gasteiger partial charge is 0.444 e. The molecule has 0 saturated carbocycles. The predicted octanol–water partition coefficient (Wildman–Crippen LogP) is 0.483. The van der Waals surface area contributed by atoms with Crippen LogP contribution in [-0.2, 0) is 11.3 Å². The quantitative estimate of drug-likeness (QED) is 0.521. The zero-order chi connectivity index (χ0) is 15.0. The van der Waals surface area contributed by atoms with Crippen LogP contribution in [0.2, 0.25) is 0 Å². The molecule has 0 spiro atoms. The normalized spacial score (nSPS) is 11.3. The number of aliphatic imine (C=N–C) groups is 1. The molecule has 0 bridgehead atoms. The Morgan fingerprint density at radius 3 is 2.60 bits per heavy atom. The molecule has 0 aliphatic carbocycles. The summed E-state index contributed by atoms with van der Waals surface area (Å²) >= 11 is 0. The zero-order valence-corrected chi connectivity index (χ0v) is 12.5. The summed E-state index contributed by atoms with van der Waals surface area (Å²) in [5.41, 5.74) is 0.878. The number of amides is 1. The topological polar surface area (TPSA) is 91.5 Å². The first kappa shape index (κ1) is 16.0. The van der Waals surface area contributed by atoms with Gasteiger partial charge in [-0.25, -0.2) is 4.98 Å². The third kappa shape index (κ3) is 5.29. The second-order valence-electron chi connectivity index (χ2n) is 4.38. The minimum Gasteiger partial charge on any atom is -0.444 e. The molecule has 3 N–H and O–H groups in total.